The lowest BCUT2D eigenvalue weighted by molar-refractivity contribution is -0.123. The Kier molecular flexibility index (Phi) is 9.73. The van der Waals surface area contributed by atoms with Crippen molar-refractivity contribution in [3.8, 4) is 11.5 Å². The first-order chi connectivity index (χ1) is 15.3. The van der Waals surface area contributed by atoms with Gasteiger partial charge >= 0.3 is 0 Å². The van der Waals surface area contributed by atoms with Gasteiger partial charge < -0.3 is 14.8 Å². The highest BCUT2D eigenvalue weighted by molar-refractivity contribution is 5.97. The van der Waals surface area contributed by atoms with E-state index in [1.165, 1.54) is 6.21 Å². The van der Waals surface area contributed by atoms with Crippen LogP contribution >= 0.6 is 0 Å². The van der Waals surface area contributed by atoms with E-state index in [4.69, 9.17) is 9.47 Å². The van der Waals surface area contributed by atoms with Crippen LogP contribution in [0.15, 0.2) is 47.6 Å². The summed E-state index contributed by atoms with van der Waals surface area (Å²) in [6.45, 7) is 10.7. The Bertz CT molecular complexity index is 923. The first-order valence-electron chi connectivity index (χ1n) is 11.0. The number of benzene rings is 2. The molecule has 0 bridgehead atoms. The number of hydrogen-bond acceptors (Lipinski definition) is 5. The number of nitrogens with one attached hydrogen (secondary N) is 2. The van der Waals surface area contributed by atoms with Crippen LogP contribution in [0, 0.1) is 12.8 Å². The predicted molar refractivity (Wildman–Crippen MR) is 126 cm³/mol. The molecule has 0 fully saturated rings. The van der Waals surface area contributed by atoms with Gasteiger partial charge in [-0.25, -0.2) is 5.43 Å². The van der Waals surface area contributed by atoms with E-state index in [1.54, 1.807) is 12.1 Å². The van der Waals surface area contributed by atoms with Gasteiger partial charge in [-0.2, -0.15) is 5.10 Å². The molecule has 0 radical (unpaired) electrons. The summed E-state index contributed by atoms with van der Waals surface area (Å²) in [5, 5.41) is 6.85. The number of ether oxygens (including phenoxy) is 2. The van der Waals surface area contributed by atoms with E-state index in [0.29, 0.717) is 30.3 Å². The van der Waals surface area contributed by atoms with Crippen molar-refractivity contribution in [2.75, 3.05) is 13.2 Å². The molecule has 0 spiro atoms. The molecule has 2 aromatic carbocycles. The Labute approximate surface area is 190 Å². The standard InChI is InChI=1S/C25H33N3O4/c1-6-14-32-21-13-10-19(15-22(21)31-7-2)16-26-28-25(30)23(17(3)4)27-24(29)20-11-8-18(5)9-12-20/h8-13,15-17,23H,6-7,14H2,1-5H3,(H,27,29)(H,28,30). The van der Waals surface area contributed by atoms with Crippen molar-refractivity contribution in [3.63, 3.8) is 0 Å². The molecule has 0 saturated heterocycles. The fourth-order valence-electron chi connectivity index (χ4n) is 2.91. The molecule has 2 rings (SSSR count). The Morgan fingerprint density at radius 2 is 1.75 bits per heavy atom. The number of rotatable bonds is 11. The number of amides is 2. The van der Waals surface area contributed by atoms with Crippen molar-refractivity contribution in [3.05, 3.63) is 59.2 Å². The van der Waals surface area contributed by atoms with Crippen LogP contribution in [0.5, 0.6) is 11.5 Å². The van der Waals surface area contributed by atoms with E-state index >= 15 is 0 Å². The van der Waals surface area contributed by atoms with Crippen molar-refractivity contribution < 1.29 is 19.1 Å². The van der Waals surface area contributed by atoms with Gasteiger partial charge in [0.1, 0.15) is 6.04 Å². The van der Waals surface area contributed by atoms with Crippen molar-refractivity contribution in [1.82, 2.24) is 10.7 Å². The van der Waals surface area contributed by atoms with Crippen LogP contribution in [0.4, 0.5) is 0 Å². The summed E-state index contributed by atoms with van der Waals surface area (Å²) in [6.07, 6.45) is 2.43. The molecule has 1 unspecified atom stereocenters. The van der Waals surface area contributed by atoms with Crippen molar-refractivity contribution in [1.29, 1.82) is 0 Å². The number of nitrogens with zero attached hydrogens (tertiary/aromatic N) is 1. The first kappa shape index (κ1) is 24.9. The molecule has 2 amide bonds. The highest BCUT2D eigenvalue weighted by Gasteiger charge is 2.24. The minimum atomic E-state index is -0.718. The highest BCUT2D eigenvalue weighted by Crippen LogP contribution is 2.28. The first-order valence-corrected chi connectivity index (χ1v) is 11.0. The third-order valence-electron chi connectivity index (χ3n) is 4.67. The monoisotopic (exact) mass is 439 g/mol. The van der Waals surface area contributed by atoms with E-state index in [2.05, 4.69) is 15.8 Å². The molecular formula is C25H33N3O4. The lowest BCUT2D eigenvalue weighted by atomic mass is 10.0. The minimum Gasteiger partial charge on any atom is -0.490 e. The fraction of sp³-hybridized carbons (Fsp3) is 0.400. The summed E-state index contributed by atoms with van der Waals surface area (Å²) in [7, 11) is 0. The number of carbonyl (C=O) groups is 2. The van der Waals surface area contributed by atoms with E-state index in [1.807, 2.05) is 65.0 Å². The van der Waals surface area contributed by atoms with Crippen LogP contribution in [-0.4, -0.2) is 37.3 Å². The molecule has 0 aliphatic heterocycles. The largest absolute Gasteiger partial charge is 0.490 e. The van der Waals surface area contributed by atoms with Gasteiger partial charge in [0.05, 0.1) is 19.4 Å². The summed E-state index contributed by atoms with van der Waals surface area (Å²) in [5.41, 5.74) is 4.84. The SMILES string of the molecule is CCCOc1ccc(C=NNC(=O)C(NC(=O)c2ccc(C)cc2)C(C)C)cc1OCC. The Hall–Kier alpha value is -3.35. The molecule has 7 heteroatoms. The van der Waals surface area contributed by atoms with Crippen LogP contribution < -0.4 is 20.2 Å². The minimum absolute atomic E-state index is 0.112. The molecule has 1 atom stereocenters. The summed E-state index contributed by atoms with van der Waals surface area (Å²) >= 11 is 0. The van der Waals surface area contributed by atoms with Crippen LogP contribution in [0.25, 0.3) is 0 Å². The maximum absolute atomic E-state index is 12.7. The number of hydrazone groups is 1. The zero-order chi connectivity index (χ0) is 23.5. The maximum atomic E-state index is 12.7. The fourth-order valence-corrected chi connectivity index (χ4v) is 2.91. The van der Waals surface area contributed by atoms with Crippen molar-refractivity contribution >= 4 is 18.0 Å². The molecule has 0 aliphatic rings. The van der Waals surface area contributed by atoms with E-state index in [-0.39, 0.29) is 17.7 Å². The lowest BCUT2D eigenvalue weighted by Crippen LogP contribution is -2.48. The third-order valence-corrected chi connectivity index (χ3v) is 4.67. The maximum Gasteiger partial charge on any atom is 0.262 e. The summed E-state index contributed by atoms with van der Waals surface area (Å²) in [4.78, 5) is 25.2. The van der Waals surface area contributed by atoms with E-state index in [9.17, 15) is 9.59 Å². The molecule has 0 aromatic heterocycles. The second-order valence-electron chi connectivity index (χ2n) is 7.78. The van der Waals surface area contributed by atoms with Gasteiger partial charge in [-0.3, -0.25) is 9.59 Å². The van der Waals surface area contributed by atoms with Gasteiger partial charge in [0.25, 0.3) is 11.8 Å². The average Bonchev–Trinajstić information content (AvgIpc) is 2.77. The normalized spacial score (nSPS) is 11.9. The number of carbonyl (C=O) groups excluding carboxylic acids is 2. The van der Waals surface area contributed by atoms with Crippen LogP contribution in [0.1, 0.15) is 55.6 Å². The highest BCUT2D eigenvalue weighted by atomic mass is 16.5. The Morgan fingerprint density at radius 3 is 2.38 bits per heavy atom. The summed E-state index contributed by atoms with van der Waals surface area (Å²) in [5.74, 6) is 0.505. The second-order valence-corrected chi connectivity index (χ2v) is 7.78. The molecule has 0 aliphatic carbocycles. The third kappa shape index (κ3) is 7.41. The molecule has 2 N–H and O–H groups in total. The molecule has 0 saturated carbocycles. The molecular weight excluding hydrogens is 406 g/mol. The van der Waals surface area contributed by atoms with E-state index < -0.39 is 6.04 Å². The summed E-state index contributed by atoms with van der Waals surface area (Å²) in [6, 6.07) is 11.9. The zero-order valence-corrected chi connectivity index (χ0v) is 19.5. The molecule has 0 heterocycles. The lowest BCUT2D eigenvalue weighted by Gasteiger charge is -2.20. The van der Waals surface area contributed by atoms with E-state index in [0.717, 1.165) is 17.5 Å². The Balaban J connectivity index is 2.03. The van der Waals surface area contributed by atoms with Crippen LogP contribution in [0.3, 0.4) is 0 Å². The second kappa shape index (κ2) is 12.5. The van der Waals surface area contributed by atoms with Crippen LogP contribution in [0.2, 0.25) is 0 Å². The van der Waals surface area contributed by atoms with Gasteiger partial charge in [-0.1, -0.05) is 38.5 Å². The van der Waals surface area contributed by atoms with Crippen LogP contribution in [-0.2, 0) is 4.79 Å². The molecule has 32 heavy (non-hydrogen) atoms. The number of hydrogen-bond donors (Lipinski definition) is 2. The predicted octanol–water partition coefficient (Wildman–Crippen LogP) is 4.09. The zero-order valence-electron chi connectivity index (χ0n) is 19.5. The average molecular weight is 440 g/mol. The molecule has 172 valence electrons. The topological polar surface area (TPSA) is 89.0 Å². The summed E-state index contributed by atoms with van der Waals surface area (Å²) < 4.78 is 11.3. The van der Waals surface area contributed by atoms with Gasteiger partial charge in [0, 0.05) is 5.56 Å². The quantitative estimate of drug-likeness (QED) is 0.408. The smallest absolute Gasteiger partial charge is 0.262 e. The van der Waals surface area contributed by atoms with Gasteiger partial charge in [0.15, 0.2) is 11.5 Å². The number of aryl methyl sites for hydroxylation is 1. The molecule has 2 aromatic rings. The van der Waals surface area contributed by atoms with Gasteiger partial charge in [-0.05, 0) is 62.1 Å². The van der Waals surface area contributed by atoms with Crippen molar-refractivity contribution in [2.45, 2.75) is 47.1 Å². The van der Waals surface area contributed by atoms with Gasteiger partial charge in [0.2, 0.25) is 0 Å². The van der Waals surface area contributed by atoms with Gasteiger partial charge in [-0.15, -0.1) is 0 Å². The van der Waals surface area contributed by atoms with Crippen molar-refractivity contribution in [2.24, 2.45) is 11.0 Å². The Morgan fingerprint density at radius 1 is 1.03 bits per heavy atom. The molecule has 7 nitrogen and oxygen atoms in total.